The molecule has 0 unspecified atom stereocenters. The van der Waals surface area contributed by atoms with Gasteiger partial charge in [0.2, 0.25) is 10.0 Å². The second-order valence-electron chi connectivity index (χ2n) is 3.53. The molecule has 0 amide bonds. The summed E-state index contributed by atoms with van der Waals surface area (Å²) in [5.74, 6) is 0.748. The maximum atomic E-state index is 11.1. The van der Waals surface area contributed by atoms with Gasteiger partial charge in [0.05, 0.1) is 0 Å². The molecule has 1 aromatic heterocycles. The number of thiophene rings is 1. The highest BCUT2D eigenvalue weighted by Crippen LogP contribution is 2.38. The third kappa shape index (κ3) is 2.36. The van der Waals surface area contributed by atoms with Crippen LogP contribution < -0.4 is 5.14 Å². The predicted molar refractivity (Wildman–Crippen MR) is 59.8 cm³/mol. The Bertz CT molecular complexity index is 448. The molecule has 1 heterocycles. The SMILES string of the molecule is NS(=O)(=O)c1cc(Br)c(CC2CC2)s1. The van der Waals surface area contributed by atoms with E-state index in [1.54, 1.807) is 6.07 Å². The summed E-state index contributed by atoms with van der Waals surface area (Å²) in [6, 6.07) is 1.59. The van der Waals surface area contributed by atoms with Gasteiger partial charge in [-0.2, -0.15) is 0 Å². The summed E-state index contributed by atoms with van der Waals surface area (Å²) in [4.78, 5) is 1.09. The second kappa shape index (κ2) is 3.59. The van der Waals surface area contributed by atoms with Crippen LogP contribution in [0.25, 0.3) is 0 Å². The molecule has 0 aromatic carbocycles. The predicted octanol–water partition coefficient (Wildman–Crippen LogP) is 2.11. The summed E-state index contributed by atoms with van der Waals surface area (Å²) >= 11 is 4.63. The average molecular weight is 296 g/mol. The van der Waals surface area contributed by atoms with E-state index in [2.05, 4.69) is 15.9 Å². The molecule has 0 atom stereocenters. The molecular formula is C8H10BrNO2S2. The maximum Gasteiger partial charge on any atom is 0.247 e. The molecule has 0 spiro atoms. The Balaban J connectivity index is 2.28. The van der Waals surface area contributed by atoms with Gasteiger partial charge in [-0.1, -0.05) is 0 Å². The Labute approximate surface area is 95.5 Å². The summed E-state index contributed by atoms with van der Waals surface area (Å²) in [7, 11) is -3.53. The molecule has 0 radical (unpaired) electrons. The lowest BCUT2D eigenvalue weighted by Gasteiger charge is -1.93. The average Bonchev–Trinajstić information content (AvgIpc) is 2.76. The minimum absolute atomic E-state index is 0.250. The van der Waals surface area contributed by atoms with Crippen LogP contribution in [0.3, 0.4) is 0 Å². The Morgan fingerprint density at radius 1 is 1.57 bits per heavy atom. The van der Waals surface area contributed by atoms with E-state index >= 15 is 0 Å². The van der Waals surface area contributed by atoms with Gasteiger partial charge in [-0.05, 0) is 47.2 Å². The zero-order chi connectivity index (χ0) is 10.3. The largest absolute Gasteiger partial charge is 0.247 e. The van der Waals surface area contributed by atoms with E-state index in [-0.39, 0.29) is 4.21 Å². The van der Waals surface area contributed by atoms with Crippen molar-refractivity contribution in [1.29, 1.82) is 0 Å². The molecule has 0 aliphatic heterocycles. The standard InChI is InChI=1S/C8H10BrNO2S2/c9-6-4-8(14(10,11)12)13-7(6)3-5-1-2-5/h4-5H,1-3H2,(H2,10,11,12). The number of rotatable bonds is 3. The molecular weight excluding hydrogens is 286 g/mol. The zero-order valence-corrected chi connectivity index (χ0v) is 10.6. The van der Waals surface area contributed by atoms with E-state index in [1.165, 1.54) is 24.2 Å². The van der Waals surface area contributed by atoms with Gasteiger partial charge in [0, 0.05) is 9.35 Å². The molecule has 1 aromatic rings. The second-order valence-corrected chi connectivity index (χ2v) is 7.31. The first-order chi connectivity index (χ1) is 6.47. The van der Waals surface area contributed by atoms with Crippen LogP contribution in [0.15, 0.2) is 14.7 Å². The van der Waals surface area contributed by atoms with E-state index in [1.807, 2.05) is 0 Å². The number of primary sulfonamides is 1. The van der Waals surface area contributed by atoms with Crippen molar-refractivity contribution in [3.8, 4) is 0 Å². The highest BCUT2D eigenvalue weighted by Gasteiger charge is 2.24. The smallest absolute Gasteiger partial charge is 0.224 e. The van der Waals surface area contributed by atoms with E-state index in [0.29, 0.717) is 0 Å². The Morgan fingerprint density at radius 3 is 2.64 bits per heavy atom. The summed E-state index contributed by atoms with van der Waals surface area (Å²) in [5.41, 5.74) is 0. The van der Waals surface area contributed by atoms with Crippen LogP contribution in [0.5, 0.6) is 0 Å². The number of sulfonamides is 1. The lowest BCUT2D eigenvalue weighted by atomic mass is 10.2. The number of halogens is 1. The maximum absolute atomic E-state index is 11.1. The number of hydrogen-bond donors (Lipinski definition) is 1. The van der Waals surface area contributed by atoms with Crippen molar-refractivity contribution in [2.75, 3.05) is 0 Å². The molecule has 1 aliphatic carbocycles. The minimum Gasteiger partial charge on any atom is -0.224 e. The van der Waals surface area contributed by atoms with Crippen molar-refractivity contribution in [3.05, 3.63) is 15.4 Å². The summed E-state index contributed by atoms with van der Waals surface area (Å²) in [5, 5.41) is 5.05. The molecule has 14 heavy (non-hydrogen) atoms. The zero-order valence-electron chi connectivity index (χ0n) is 7.36. The van der Waals surface area contributed by atoms with Gasteiger partial charge >= 0.3 is 0 Å². The molecule has 6 heteroatoms. The monoisotopic (exact) mass is 295 g/mol. The van der Waals surface area contributed by atoms with Crippen LogP contribution in [0.4, 0.5) is 0 Å². The number of nitrogens with two attached hydrogens (primary N) is 1. The minimum atomic E-state index is -3.53. The Kier molecular flexibility index (Phi) is 2.72. The third-order valence-electron chi connectivity index (χ3n) is 2.19. The van der Waals surface area contributed by atoms with Crippen molar-refractivity contribution < 1.29 is 8.42 Å². The molecule has 78 valence electrons. The van der Waals surface area contributed by atoms with Crippen molar-refractivity contribution in [2.45, 2.75) is 23.5 Å². The van der Waals surface area contributed by atoms with Crippen LogP contribution in [0.2, 0.25) is 0 Å². The van der Waals surface area contributed by atoms with Gasteiger partial charge in [0.1, 0.15) is 4.21 Å². The first-order valence-electron chi connectivity index (χ1n) is 4.28. The summed E-state index contributed by atoms with van der Waals surface area (Å²) < 4.78 is 23.3. The van der Waals surface area contributed by atoms with E-state index in [4.69, 9.17) is 5.14 Å². The fraction of sp³-hybridized carbons (Fsp3) is 0.500. The molecule has 0 bridgehead atoms. The quantitative estimate of drug-likeness (QED) is 0.928. The third-order valence-corrected chi connectivity index (χ3v) is 5.73. The fourth-order valence-electron chi connectivity index (χ4n) is 1.25. The van der Waals surface area contributed by atoms with Crippen molar-refractivity contribution >= 4 is 37.3 Å². The van der Waals surface area contributed by atoms with E-state index in [9.17, 15) is 8.42 Å². The van der Waals surface area contributed by atoms with Gasteiger partial charge in [0.15, 0.2) is 0 Å². The molecule has 1 fully saturated rings. The van der Waals surface area contributed by atoms with Crippen molar-refractivity contribution in [2.24, 2.45) is 11.1 Å². The normalized spacial score (nSPS) is 17.3. The Hall–Kier alpha value is 0.0900. The molecule has 0 saturated heterocycles. The van der Waals surface area contributed by atoms with Crippen LogP contribution in [0, 0.1) is 5.92 Å². The van der Waals surface area contributed by atoms with Gasteiger partial charge in [-0.25, -0.2) is 13.6 Å². The molecule has 3 nitrogen and oxygen atoms in total. The van der Waals surface area contributed by atoms with Crippen LogP contribution in [-0.2, 0) is 16.4 Å². The summed E-state index contributed by atoms with van der Waals surface area (Å²) in [6.07, 6.45) is 3.49. The highest BCUT2D eigenvalue weighted by atomic mass is 79.9. The van der Waals surface area contributed by atoms with E-state index < -0.39 is 10.0 Å². The van der Waals surface area contributed by atoms with Gasteiger partial charge in [0.25, 0.3) is 0 Å². The van der Waals surface area contributed by atoms with Crippen molar-refractivity contribution in [3.63, 3.8) is 0 Å². The number of hydrogen-bond acceptors (Lipinski definition) is 3. The van der Waals surface area contributed by atoms with Crippen molar-refractivity contribution in [1.82, 2.24) is 0 Å². The first-order valence-corrected chi connectivity index (χ1v) is 7.43. The highest BCUT2D eigenvalue weighted by molar-refractivity contribution is 9.10. The topological polar surface area (TPSA) is 60.2 Å². The fourth-order valence-corrected chi connectivity index (χ4v) is 4.13. The molecule has 1 saturated carbocycles. The Morgan fingerprint density at radius 2 is 2.21 bits per heavy atom. The lowest BCUT2D eigenvalue weighted by Crippen LogP contribution is -2.09. The molecule has 2 rings (SSSR count). The molecule has 2 N–H and O–H groups in total. The lowest BCUT2D eigenvalue weighted by molar-refractivity contribution is 0.600. The molecule has 1 aliphatic rings. The van der Waals surface area contributed by atoms with Gasteiger partial charge in [-0.15, -0.1) is 11.3 Å². The van der Waals surface area contributed by atoms with Gasteiger partial charge in [-0.3, -0.25) is 0 Å². The van der Waals surface area contributed by atoms with E-state index in [0.717, 1.165) is 21.7 Å². The first kappa shape index (κ1) is 10.6. The summed E-state index contributed by atoms with van der Waals surface area (Å²) in [6.45, 7) is 0. The van der Waals surface area contributed by atoms with Gasteiger partial charge < -0.3 is 0 Å². The van der Waals surface area contributed by atoms with Crippen LogP contribution >= 0.6 is 27.3 Å². The van der Waals surface area contributed by atoms with Crippen LogP contribution in [-0.4, -0.2) is 8.42 Å². The van der Waals surface area contributed by atoms with Crippen LogP contribution in [0.1, 0.15) is 17.7 Å².